The van der Waals surface area contributed by atoms with Crippen LogP contribution in [0.3, 0.4) is 0 Å². The average molecular weight is 250 g/mol. The van der Waals surface area contributed by atoms with E-state index >= 15 is 0 Å². The molecule has 1 rings (SSSR count). The Bertz CT molecular complexity index is 305. The van der Waals surface area contributed by atoms with E-state index in [1.54, 1.807) is 13.2 Å². The average Bonchev–Trinajstić information content (AvgIpc) is 2.62. The molecule has 15 heavy (non-hydrogen) atoms. The van der Waals surface area contributed by atoms with Gasteiger partial charge in [0.1, 0.15) is 5.60 Å². The molecule has 1 aromatic rings. The molecule has 0 bridgehead atoms. The fraction of sp³-hybridized carbons (Fsp3) is 0.600. The molecule has 86 valence electrons. The molecule has 0 radical (unpaired) electrons. The highest BCUT2D eigenvalue weighted by atomic mass is 35.5. The molecule has 0 aliphatic carbocycles. The number of ether oxygens (including phenoxy) is 1. The van der Waals surface area contributed by atoms with Crippen LogP contribution in [0.15, 0.2) is 11.4 Å². The number of aliphatic hydroxyl groups is 1. The van der Waals surface area contributed by atoms with Gasteiger partial charge in [-0.1, -0.05) is 11.6 Å². The second-order valence-electron chi connectivity index (χ2n) is 3.45. The highest BCUT2D eigenvalue weighted by molar-refractivity contribution is 7.10. The third kappa shape index (κ3) is 3.16. The summed E-state index contributed by atoms with van der Waals surface area (Å²) >= 11 is 7.45. The Morgan fingerprint density at radius 2 is 2.40 bits per heavy atom. The number of hydrogen-bond donors (Lipinski definition) is 2. The molecule has 1 unspecified atom stereocenters. The lowest BCUT2D eigenvalue weighted by Gasteiger charge is -2.26. The first kappa shape index (κ1) is 12.9. The van der Waals surface area contributed by atoms with Crippen LogP contribution in [0.5, 0.6) is 0 Å². The summed E-state index contributed by atoms with van der Waals surface area (Å²) in [6, 6.07) is 1.78. The molecule has 1 heterocycles. The lowest BCUT2D eigenvalue weighted by Crippen LogP contribution is -2.31. The van der Waals surface area contributed by atoms with E-state index in [0.29, 0.717) is 18.0 Å². The van der Waals surface area contributed by atoms with Crippen LogP contribution in [0.25, 0.3) is 0 Å². The van der Waals surface area contributed by atoms with Crippen molar-refractivity contribution in [3.05, 3.63) is 21.3 Å². The van der Waals surface area contributed by atoms with Gasteiger partial charge in [0.25, 0.3) is 0 Å². The molecule has 1 aromatic heterocycles. The first-order valence-corrected chi connectivity index (χ1v) is 6.04. The van der Waals surface area contributed by atoms with Gasteiger partial charge in [-0.15, -0.1) is 11.3 Å². The van der Waals surface area contributed by atoms with Crippen LogP contribution < -0.4 is 5.73 Å². The molecule has 0 aliphatic rings. The highest BCUT2D eigenvalue weighted by Gasteiger charge is 2.32. The summed E-state index contributed by atoms with van der Waals surface area (Å²) in [4.78, 5) is 0.763. The predicted octanol–water partition coefficient (Wildman–Crippen LogP) is 1.97. The Hall–Kier alpha value is -0.130. The fourth-order valence-electron chi connectivity index (χ4n) is 1.51. The predicted molar refractivity (Wildman–Crippen MR) is 63.4 cm³/mol. The van der Waals surface area contributed by atoms with Crippen molar-refractivity contribution in [3.63, 3.8) is 0 Å². The second-order valence-corrected chi connectivity index (χ2v) is 4.78. The van der Waals surface area contributed by atoms with E-state index in [1.807, 2.05) is 5.38 Å². The molecule has 0 aliphatic heterocycles. The Morgan fingerprint density at radius 1 is 1.67 bits per heavy atom. The molecule has 3 N–H and O–H groups in total. The van der Waals surface area contributed by atoms with Crippen molar-refractivity contribution < 1.29 is 9.84 Å². The van der Waals surface area contributed by atoms with Crippen molar-refractivity contribution >= 4 is 22.9 Å². The van der Waals surface area contributed by atoms with Crippen molar-refractivity contribution in [2.45, 2.75) is 18.4 Å². The molecular formula is C10H16ClNO2S. The maximum absolute atomic E-state index is 10.4. The zero-order valence-corrected chi connectivity index (χ0v) is 10.3. The highest BCUT2D eigenvalue weighted by Crippen LogP contribution is 2.36. The van der Waals surface area contributed by atoms with Gasteiger partial charge in [-0.2, -0.15) is 0 Å². The van der Waals surface area contributed by atoms with Gasteiger partial charge in [-0.25, -0.2) is 0 Å². The topological polar surface area (TPSA) is 55.5 Å². The van der Waals surface area contributed by atoms with E-state index in [1.165, 1.54) is 11.3 Å². The molecular weight excluding hydrogens is 234 g/mol. The van der Waals surface area contributed by atoms with E-state index < -0.39 is 5.60 Å². The number of nitrogens with two attached hydrogens (primary N) is 1. The van der Waals surface area contributed by atoms with Gasteiger partial charge >= 0.3 is 0 Å². The largest absolute Gasteiger partial charge is 0.382 e. The maximum Gasteiger partial charge on any atom is 0.123 e. The van der Waals surface area contributed by atoms with E-state index in [2.05, 4.69) is 0 Å². The van der Waals surface area contributed by atoms with Gasteiger partial charge in [0.15, 0.2) is 0 Å². The van der Waals surface area contributed by atoms with Crippen LogP contribution >= 0.6 is 22.9 Å². The zero-order valence-electron chi connectivity index (χ0n) is 8.70. The minimum Gasteiger partial charge on any atom is -0.382 e. The maximum atomic E-state index is 10.4. The summed E-state index contributed by atoms with van der Waals surface area (Å²) in [6.45, 7) is 0.794. The number of rotatable bonds is 6. The van der Waals surface area contributed by atoms with Gasteiger partial charge in [-0.3, -0.25) is 0 Å². The van der Waals surface area contributed by atoms with E-state index in [-0.39, 0.29) is 6.61 Å². The molecule has 0 fully saturated rings. The Morgan fingerprint density at radius 3 is 2.87 bits per heavy atom. The smallest absolute Gasteiger partial charge is 0.123 e. The number of thiophene rings is 1. The Kier molecular flexibility index (Phi) is 5.02. The van der Waals surface area contributed by atoms with Crippen molar-refractivity contribution in [2.75, 3.05) is 20.3 Å². The number of hydrogen-bond acceptors (Lipinski definition) is 4. The molecule has 1 atom stereocenters. The summed E-state index contributed by atoms with van der Waals surface area (Å²) in [5.41, 5.74) is 4.44. The number of methoxy groups -OCH3 is 1. The van der Waals surface area contributed by atoms with Crippen LogP contribution in [0, 0.1) is 0 Å². The van der Waals surface area contributed by atoms with Crippen LogP contribution in [0.2, 0.25) is 5.02 Å². The van der Waals surface area contributed by atoms with Crippen LogP contribution in [0.4, 0.5) is 0 Å². The molecule has 0 saturated carbocycles. The minimum absolute atomic E-state index is 0.243. The summed E-state index contributed by atoms with van der Waals surface area (Å²) in [6.07, 6.45) is 1.31. The van der Waals surface area contributed by atoms with Crippen LogP contribution in [0.1, 0.15) is 17.7 Å². The zero-order chi connectivity index (χ0) is 11.3. The van der Waals surface area contributed by atoms with E-state index in [9.17, 15) is 5.11 Å². The second kappa shape index (κ2) is 5.82. The van der Waals surface area contributed by atoms with Gasteiger partial charge in [0.05, 0.1) is 16.5 Å². The molecule has 3 nitrogen and oxygen atoms in total. The van der Waals surface area contributed by atoms with Gasteiger partial charge < -0.3 is 15.6 Å². The third-order valence-corrected chi connectivity index (χ3v) is 3.75. The quantitative estimate of drug-likeness (QED) is 0.811. The van der Waals surface area contributed by atoms with Crippen molar-refractivity contribution in [2.24, 2.45) is 5.73 Å². The third-order valence-electron chi connectivity index (χ3n) is 2.22. The monoisotopic (exact) mass is 249 g/mol. The summed E-state index contributed by atoms with van der Waals surface area (Å²) < 4.78 is 5.04. The molecule has 0 aromatic carbocycles. The standard InChI is InChI=1S/C10H16ClNO2S/c1-14-7-10(13,4-2-5-12)9-8(11)3-6-15-9/h3,6,13H,2,4-5,7,12H2,1H3. The van der Waals surface area contributed by atoms with Crippen LogP contribution in [-0.4, -0.2) is 25.4 Å². The van der Waals surface area contributed by atoms with Crippen molar-refractivity contribution in [1.82, 2.24) is 0 Å². The Labute approximate surface area is 98.8 Å². The first-order chi connectivity index (χ1) is 7.14. The van der Waals surface area contributed by atoms with Crippen molar-refractivity contribution in [3.8, 4) is 0 Å². The molecule has 0 spiro atoms. The van der Waals surface area contributed by atoms with E-state index in [4.69, 9.17) is 22.1 Å². The summed E-state index contributed by atoms with van der Waals surface area (Å²) in [5.74, 6) is 0. The van der Waals surface area contributed by atoms with Gasteiger partial charge in [0, 0.05) is 7.11 Å². The lowest BCUT2D eigenvalue weighted by molar-refractivity contribution is -0.0401. The van der Waals surface area contributed by atoms with Gasteiger partial charge in [-0.05, 0) is 30.8 Å². The van der Waals surface area contributed by atoms with Crippen LogP contribution in [-0.2, 0) is 10.3 Å². The first-order valence-electron chi connectivity index (χ1n) is 4.79. The van der Waals surface area contributed by atoms with Crippen molar-refractivity contribution in [1.29, 1.82) is 0 Å². The lowest BCUT2D eigenvalue weighted by atomic mass is 9.96. The van der Waals surface area contributed by atoms with Gasteiger partial charge in [0.2, 0.25) is 0 Å². The molecule has 0 amide bonds. The normalized spacial score (nSPS) is 15.2. The fourth-order valence-corrected chi connectivity index (χ4v) is 2.86. The minimum atomic E-state index is -1.00. The summed E-state index contributed by atoms with van der Waals surface area (Å²) in [7, 11) is 1.56. The Balaban J connectivity index is 2.85. The SMILES string of the molecule is COCC(O)(CCCN)c1sccc1Cl. The van der Waals surface area contributed by atoms with E-state index in [0.717, 1.165) is 11.3 Å². The summed E-state index contributed by atoms with van der Waals surface area (Å²) in [5, 5.41) is 12.9. The number of halogens is 1. The molecule has 5 heteroatoms. The molecule has 0 saturated heterocycles.